The first-order valence-corrected chi connectivity index (χ1v) is 8.86. The normalized spacial score (nSPS) is 20.5. The Kier molecular flexibility index (Phi) is 3.70. The Morgan fingerprint density at radius 2 is 2.00 bits per heavy atom. The van der Waals surface area contributed by atoms with Gasteiger partial charge >= 0.3 is 0 Å². The van der Waals surface area contributed by atoms with Crippen molar-refractivity contribution >= 4 is 5.91 Å². The van der Waals surface area contributed by atoms with Crippen LogP contribution in [0.3, 0.4) is 0 Å². The van der Waals surface area contributed by atoms with Crippen LogP contribution in [-0.2, 0) is 19.9 Å². The first-order valence-electron chi connectivity index (χ1n) is 8.86. The summed E-state index contributed by atoms with van der Waals surface area (Å²) in [6, 6.07) is 0.0675. The third-order valence-electron chi connectivity index (χ3n) is 5.46. The van der Waals surface area contributed by atoms with E-state index in [4.69, 9.17) is 4.52 Å². The highest BCUT2D eigenvalue weighted by molar-refractivity contribution is 5.95. The Balaban J connectivity index is 1.71. The van der Waals surface area contributed by atoms with Gasteiger partial charge in [-0.2, -0.15) is 5.10 Å². The number of fused-ring (bicyclic) bond motifs is 1. The molecule has 24 heavy (non-hydrogen) atoms. The third kappa shape index (κ3) is 2.27. The molecular weight excluding hydrogens is 304 g/mol. The van der Waals surface area contributed by atoms with Gasteiger partial charge in [0, 0.05) is 24.7 Å². The molecule has 2 aliphatic rings. The Hall–Kier alpha value is -2.11. The zero-order valence-corrected chi connectivity index (χ0v) is 14.6. The van der Waals surface area contributed by atoms with Crippen molar-refractivity contribution in [3.63, 3.8) is 0 Å². The van der Waals surface area contributed by atoms with Crippen molar-refractivity contribution in [3.8, 4) is 0 Å². The van der Waals surface area contributed by atoms with E-state index in [1.807, 2.05) is 25.8 Å². The number of carbonyl (C=O) groups excluding carboxylic acids is 1. The Morgan fingerprint density at radius 3 is 2.75 bits per heavy atom. The van der Waals surface area contributed by atoms with Gasteiger partial charge in [-0.3, -0.25) is 9.48 Å². The maximum atomic E-state index is 13.3. The van der Waals surface area contributed by atoms with Crippen LogP contribution in [-0.4, -0.2) is 32.3 Å². The van der Waals surface area contributed by atoms with Crippen molar-refractivity contribution in [2.24, 2.45) is 7.05 Å². The van der Waals surface area contributed by atoms with Crippen molar-refractivity contribution in [1.82, 2.24) is 19.8 Å². The molecule has 1 aliphatic heterocycles. The molecule has 1 aliphatic carbocycles. The second-order valence-corrected chi connectivity index (χ2v) is 7.00. The van der Waals surface area contributed by atoms with Crippen molar-refractivity contribution in [1.29, 1.82) is 0 Å². The number of aromatic nitrogens is 3. The monoisotopic (exact) mass is 328 g/mol. The highest BCUT2D eigenvalue weighted by Gasteiger charge is 2.37. The van der Waals surface area contributed by atoms with Gasteiger partial charge < -0.3 is 9.42 Å². The first-order chi connectivity index (χ1) is 11.6. The van der Waals surface area contributed by atoms with E-state index in [0.29, 0.717) is 0 Å². The zero-order chi connectivity index (χ0) is 16.8. The molecule has 6 heteroatoms. The number of rotatable bonds is 2. The number of amides is 1. The van der Waals surface area contributed by atoms with Gasteiger partial charge in [0.2, 0.25) is 0 Å². The maximum absolute atomic E-state index is 13.3. The molecule has 0 N–H and O–H groups in total. The van der Waals surface area contributed by atoms with Crippen LogP contribution in [0, 0.1) is 13.8 Å². The topological polar surface area (TPSA) is 64.2 Å². The van der Waals surface area contributed by atoms with Crippen LogP contribution in [0.5, 0.6) is 0 Å². The molecule has 1 atom stereocenters. The first kappa shape index (κ1) is 15.4. The maximum Gasteiger partial charge on any atom is 0.272 e. The summed E-state index contributed by atoms with van der Waals surface area (Å²) < 4.78 is 7.13. The van der Waals surface area contributed by atoms with Crippen molar-refractivity contribution in [2.75, 3.05) is 6.54 Å². The molecule has 0 saturated carbocycles. The van der Waals surface area contributed by atoms with E-state index in [-0.39, 0.29) is 11.9 Å². The summed E-state index contributed by atoms with van der Waals surface area (Å²) in [4.78, 5) is 15.3. The fraction of sp³-hybridized carbons (Fsp3) is 0.611. The Morgan fingerprint density at radius 1 is 1.21 bits per heavy atom. The smallest absolute Gasteiger partial charge is 0.272 e. The van der Waals surface area contributed by atoms with E-state index in [9.17, 15) is 4.79 Å². The van der Waals surface area contributed by atoms with Crippen LogP contribution in [0.4, 0.5) is 0 Å². The van der Waals surface area contributed by atoms with Crippen LogP contribution in [0.15, 0.2) is 4.52 Å². The predicted molar refractivity (Wildman–Crippen MR) is 88.8 cm³/mol. The largest absolute Gasteiger partial charge is 0.361 e. The molecule has 0 aromatic carbocycles. The second kappa shape index (κ2) is 5.76. The van der Waals surface area contributed by atoms with Crippen molar-refractivity contribution in [3.05, 3.63) is 34.0 Å². The lowest BCUT2D eigenvalue weighted by Crippen LogP contribution is -2.33. The quantitative estimate of drug-likeness (QED) is 0.850. The number of hydrogen-bond acceptors (Lipinski definition) is 4. The Labute approximate surface area is 141 Å². The third-order valence-corrected chi connectivity index (χ3v) is 5.46. The molecule has 128 valence electrons. The van der Waals surface area contributed by atoms with Crippen molar-refractivity contribution in [2.45, 2.75) is 58.4 Å². The molecule has 1 fully saturated rings. The second-order valence-electron chi connectivity index (χ2n) is 7.00. The molecule has 0 spiro atoms. The lowest BCUT2D eigenvalue weighted by atomic mass is 9.95. The average molecular weight is 328 g/mol. The van der Waals surface area contributed by atoms with Gasteiger partial charge in [-0.05, 0) is 52.4 Å². The van der Waals surface area contributed by atoms with Gasteiger partial charge in [-0.1, -0.05) is 5.16 Å². The van der Waals surface area contributed by atoms with Gasteiger partial charge in [0.05, 0.1) is 17.4 Å². The number of hydrogen-bond donors (Lipinski definition) is 0. The van der Waals surface area contributed by atoms with E-state index in [1.54, 1.807) is 4.68 Å². The van der Waals surface area contributed by atoms with Gasteiger partial charge in [0.25, 0.3) is 5.91 Å². The zero-order valence-electron chi connectivity index (χ0n) is 14.6. The molecule has 3 heterocycles. The fourth-order valence-corrected chi connectivity index (χ4v) is 4.36. The summed E-state index contributed by atoms with van der Waals surface area (Å²) in [5.41, 5.74) is 5.03. The molecule has 0 radical (unpaired) electrons. The molecule has 2 aromatic rings. The van der Waals surface area contributed by atoms with E-state index in [0.717, 1.165) is 72.6 Å². The van der Waals surface area contributed by atoms with Crippen LogP contribution in [0.2, 0.25) is 0 Å². The molecular formula is C18H24N4O2. The van der Waals surface area contributed by atoms with E-state index in [1.165, 1.54) is 6.42 Å². The number of nitrogens with zero attached hydrogens (tertiary/aromatic N) is 4. The lowest BCUT2D eigenvalue weighted by molar-refractivity contribution is 0.0722. The fourth-order valence-electron chi connectivity index (χ4n) is 4.36. The van der Waals surface area contributed by atoms with Crippen LogP contribution < -0.4 is 0 Å². The van der Waals surface area contributed by atoms with E-state index < -0.39 is 0 Å². The molecule has 6 nitrogen and oxygen atoms in total. The molecule has 1 saturated heterocycles. The van der Waals surface area contributed by atoms with Gasteiger partial charge in [-0.25, -0.2) is 0 Å². The lowest BCUT2D eigenvalue weighted by Gasteiger charge is -2.25. The number of aryl methyl sites for hydroxylation is 4. The highest BCUT2D eigenvalue weighted by Crippen LogP contribution is 2.37. The summed E-state index contributed by atoms with van der Waals surface area (Å²) >= 11 is 0. The standard InChI is InChI=1S/C18H24N4O2/c1-11-16(12(2)24-20-11)15-9-6-10-22(15)18(23)17-13-7-4-5-8-14(13)19-21(17)3/h15H,4-10H2,1-3H3. The van der Waals surface area contributed by atoms with E-state index >= 15 is 0 Å². The molecule has 2 aromatic heterocycles. The summed E-state index contributed by atoms with van der Waals surface area (Å²) in [7, 11) is 1.90. The van der Waals surface area contributed by atoms with Crippen LogP contribution in [0.25, 0.3) is 0 Å². The minimum atomic E-state index is 0.0675. The van der Waals surface area contributed by atoms with Crippen LogP contribution in [0.1, 0.15) is 70.5 Å². The van der Waals surface area contributed by atoms with Crippen LogP contribution >= 0.6 is 0 Å². The highest BCUT2D eigenvalue weighted by atomic mass is 16.5. The molecule has 0 bridgehead atoms. The summed E-state index contributed by atoms with van der Waals surface area (Å²) in [5, 5.41) is 8.68. The van der Waals surface area contributed by atoms with Gasteiger partial charge in [0.15, 0.2) is 0 Å². The van der Waals surface area contributed by atoms with Gasteiger partial charge in [0.1, 0.15) is 11.5 Å². The molecule has 4 rings (SSSR count). The predicted octanol–water partition coefficient (Wildman–Crippen LogP) is 2.88. The van der Waals surface area contributed by atoms with E-state index in [2.05, 4.69) is 10.3 Å². The minimum absolute atomic E-state index is 0.0675. The van der Waals surface area contributed by atoms with Gasteiger partial charge in [-0.15, -0.1) is 0 Å². The van der Waals surface area contributed by atoms with Crippen molar-refractivity contribution < 1.29 is 9.32 Å². The summed E-state index contributed by atoms with van der Waals surface area (Å²) in [6.45, 7) is 4.68. The SMILES string of the molecule is Cc1noc(C)c1C1CCCN1C(=O)c1c2c(nn1C)CCCC2. The molecule has 1 unspecified atom stereocenters. The molecule has 1 amide bonds. The Bertz CT molecular complexity index is 770. The summed E-state index contributed by atoms with van der Waals surface area (Å²) in [6.07, 6.45) is 6.25. The minimum Gasteiger partial charge on any atom is -0.361 e. The summed E-state index contributed by atoms with van der Waals surface area (Å²) in [5.74, 6) is 0.930. The number of likely N-dealkylation sites (tertiary alicyclic amines) is 1. The average Bonchev–Trinajstić information content (AvgIpc) is 3.23. The number of carbonyl (C=O) groups is 1.